The van der Waals surface area contributed by atoms with Crippen molar-refractivity contribution in [1.82, 2.24) is 4.90 Å². The first kappa shape index (κ1) is 14.3. The van der Waals surface area contributed by atoms with Crippen LogP contribution < -0.4 is 0 Å². The molecule has 1 aliphatic rings. The Balaban J connectivity index is 2.30. The third-order valence-corrected chi connectivity index (χ3v) is 3.52. The summed E-state index contributed by atoms with van der Waals surface area (Å²) in [4.78, 5) is 24.2. The summed E-state index contributed by atoms with van der Waals surface area (Å²) in [6.45, 7) is 0.318. The van der Waals surface area contributed by atoms with Gasteiger partial charge in [0, 0.05) is 18.7 Å². The van der Waals surface area contributed by atoms with E-state index in [4.69, 9.17) is 16.9 Å². The maximum atomic E-state index is 12.4. The number of hydrogen-bond donors (Lipinski definition) is 0. The van der Waals surface area contributed by atoms with E-state index in [0.29, 0.717) is 6.54 Å². The van der Waals surface area contributed by atoms with Crippen molar-refractivity contribution < 1.29 is 9.72 Å². The van der Waals surface area contributed by atoms with Crippen LogP contribution in [0.4, 0.5) is 5.69 Å². The molecule has 1 saturated carbocycles. The lowest BCUT2D eigenvalue weighted by Gasteiger charge is -2.21. The van der Waals surface area contributed by atoms with Crippen molar-refractivity contribution in [3.8, 4) is 6.07 Å². The number of halogens is 1. The Bertz CT molecular complexity index is 593. The fourth-order valence-corrected chi connectivity index (χ4v) is 2.26. The van der Waals surface area contributed by atoms with Crippen molar-refractivity contribution >= 4 is 23.2 Å². The summed E-state index contributed by atoms with van der Waals surface area (Å²) >= 11 is 5.95. The van der Waals surface area contributed by atoms with Crippen LogP contribution in [0.2, 0.25) is 5.02 Å². The third kappa shape index (κ3) is 2.89. The zero-order valence-corrected chi connectivity index (χ0v) is 11.3. The summed E-state index contributed by atoms with van der Waals surface area (Å²) in [5.41, 5.74) is -0.167. The summed E-state index contributed by atoms with van der Waals surface area (Å²) in [6.07, 6.45) is 2.02. The second kappa shape index (κ2) is 5.88. The quantitative estimate of drug-likeness (QED) is 0.617. The fraction of sp³-hybridized carbons (Fsp3) is 0.385. The van der Waals surface area contributed by atoms with Crippen LogP contribution in [0.25, 0.3) is 0 Å². The summed E-state index contributed by atoms with van der Waals surface area (Å²) < 4.78 is 0. The van der Waals surface area contributed by atoms with E-state index in [0.717, 1.165) is 12.8 Å². The number of nitriles is 1. The maximum Gasteiger partial charge on any atom is 0.288 e. The van der Waals surface area contributed by atoms with E-state index in [-0.39, 0.29) is 34.6 Å². The van der Waals surface area contributed by atoms with Crippen molar-refractivity contribution in [2.24, 2.45) is 0 Å². The number of benzene rings is 1. The van der Waals surface area contributed by atoms with E-state index in [2.05, 4.69) is 0 Å². The van der Waals surface area contributed by atoms with E-state index >= 15 is 0 Å². The number of nitro benzene ring substituents is 1. The molecular formula is C13H12ClN3O3. The van der Waals surface area contributed by atoms with Crippen LogP contribution in [0.15, 0.2) is 18.2 Å². The lowest BCUT2D eigenvalue weighted by molar-refractivity contribution is -0.384. The fourth-order valence-electron chi connectivity index (χ4n) is 1.99. The molecular weight excluding hydrogens is 282 g/mol. The van der Waals surface area contributed by atoms with Crippen molar-refractivity contribution in [3.05, 3.63) is 38.9 Å². The third-order valence-electron chi connectivity index (χ3n) is 3.12. The Kier molecular flexibility index (Phi) is 4.20. The molecule has 1 aromatic rings. The predicted octanol–water partition coefficient (Wildman–Crippen LogP) is 2.77. The van der Waals surface area contributed by atoms with Gasteiger partial charge in [0.15, 0.2) is 0 Å². The summed E-state index contributed by atoms with van der Waals surface area (Å²) in [5.74, 6) is -0.351. The van der Waals surface area contributed by atoms with Crippen LogP contribution in [0.1, 0.15) is 29.6 Å². The van der Waals surface area contributed by atoms with Crippen LogP contribution in [0.3, 0.4) is 0 Å². The predicted molar refractivity (Wildman–Crippen MR) is 72.4 cm³/mol. The smallest absolute Gasteiger partial charge is 0.288 e. The van der Waals surface area contributed by atoms with Gasteiger partial charge in [-0.25, -0.2) is 0 Å². The molecule has 0 bridgehead atoms. The molecule has 0 atom stereocenters. The van der Waals surface area contributed by atoms with Crippen LogP contribution in [0.5, 0.6) is 0 Å². The Hall–Kier alpha value is -2.13. The Morgan fingerprint density at radius 1 is 1.55 bits per heavy atom. The SMILES string of the molecule is N#CCCN(C(=O)c1cccc([N+](=O)[O-])c1Cl)C1CC1. The van der Waals surface area contributed by atoms with Gasteiger partial charge in [-0.15, -0.1) is 0 Å². The second-order valence-electron chi connectivity index (χ2n) is 4.53. The van der Waals surface area contributed by atoms with Crippen molar-refractivity contribution in [3.63, 3.8) is 0 Å². The van der Waals surface area contributed by atoms with Gasteiger partial charge in [-0.2, -0.15) is 5.26 Å². The summed E-state index contributed by atoms with van der Waals surface area (Å²) in [5, 5.41) is 19.3. The average Bonchev–Trinajstić information content (AvgIpc) is 3.23. The van der Waals surface area contributed by atoms with Gasteiger partial charge in [-0.3, -0.25) is 14.9 Å². The minimum Gasteiger partial charge on any atom is -0.335 e. The van der Waals surface area contributed by atoms with Gasteiger partial charge in [-0.1, -0.05) is 17.7 Å². The van der Waals surface area contributed by atoms with Gasteiger partial charge in [-0.05, 0) is 18.9 Å². The molecule has 1 aromatic carbocycles. The molecule has 0 spiro atoms. The lowest BCUT2D eigenvalue weighted by atomic mass is 10.1. The molecule has 0 unspecified atom stereocenters. The lowest BCUT2D eigenvalue weighted by Crippen LogP contribution is -2.34. The topological polar surface area (TPSA) is 87.2 Å². The molecule has 7 heteroatoms. The molecule has 1 amide bonds. The van der Waals surface area contributed by atoms with Crippen molar-refractivity contribution in [2.45, 2.75) is 25.3 Å². The van der Waals surface area contributed by atoms with Crippen LogP contribution in [-0.4, -0.2) is 28.3 Å². The van der Waals surface area contributed by atoms with Crippen molar-refractivity contribution in [2.75, 3.05) is 6.54 Å². The summed E-state index contributed by atoms with van der Waals surface area (Å²) in [7, 11) is 0. The van der Waals surface area contributed by atoms with Crippen LogP contribution in [-0.2, 0) is 0 Å². The zero-order chi connectivity index (χ0) is 14.7. The standard InChI is InChI=1S/C13H12ClN3O3/c14-12-10(3-1-4-11(12)17(19)20)13(18)16(8-2-7-15)9-5-6-9/h1,3-4,9H,2,5-6,8H2. The largest absolute Gasteiger partial charge is 0.335 e. The van der Waals surface area contributed by atoms with Crippen LogP contribution in [0, 0.1) is 21.4 Å². The molecule has 2 rings (SSSR count). The van der Waals surface area contributed by atoms with Gasteiger partial charge in [0.05, 0.1) is 23.0 Å². The molecule has 0 heterocycles. The minimum atomic E-state index is -0.615. The Morgan fingerprint density at radius 3 is 2.80 bits per heavy atom. The number of nitrogens with zero attached hydrogens (tertiary/aromatic N) is 3. The molecule has 1 aliphatic carbocycles. The molecule has 0 aromatic heterocycles. The van der Waals surface area contributed by atoms with Gasteiger partial charge in [0.25, 0.3) is 11.6 Å². The van der Waals surface area contributed by atoms with Gasteiger partial charge in [0.2, 0.25) is 0 Å². The molecule has 0 N–H and O–H groups in total. The molecule has 104 valence electrons. The highest BCUT2D eigenvalue weighted by Gasteiger charge is 2.34. The molecule has 0 aliphatic heterocycles. The summed E-state index contributed by atoms with van der Waals surface area (Å²) in [6, 6.07) is 6.28. The van der Waals surface area contributed by atoms with Gasteiger partial charge < -0.3 is 4.90 Å². The van der Waals surface area contributed by atoms with E-state index in [1.54, 1.807) is 4.90 Å². The average molecular weight is 294 g/mol. The van der Waals surface area contributed by atoms with Crippen molar-refractivity contribution in [1.29, 1.82) is 5.26 Å². The second-order valence-corrected chi connectivity index (χ2v) is 4.91. The monoisotopic (exact) mass is 293 g/mol. The number of amides is 1. The number of hydrogen-bond acceptors (Lipinski definition) is 4. The first-order valence-electron chi connectivity index (χ1n) is 6.17. The van der Waals surface area contributed by atoms with E-state index in [1.807, 2.05) is 6.07 Å². The highest BCUT2D eigenvalue weighted by molar-refractivity contribution is 6.35. The number of rotatable bonds is 5. The zero-order valence-electron chi connectivity index (χ0n) is 10.6. The normalized spacial score (nSPS) is 13.6. The number of nitro groups is 1. The molecule has 1 fully saturated rings. The first-order chi connectivity index (χ1) is 9.56. The van der Waals surface area contributed by atoms with E-state index in [1.165, 1.54) is 18.2 Å². The first-order valence-corrected chi connectivity index (χ1v) is 6.55. The maximum absolute atomic E-state index is 12.4. The Morgan fingerprint density at radius 2 is 2.25 bits per heavy atom. The highest BCUT2D eigenvalue weighted by atomic mass is 35.5. The molecule has 0 saturated heterocycles. The minimum absolute atomic E-state index is 0.116. The number of carbonyl (C=O) groups excluding carboxylic acids is 1. The van der Waals surface area contributed by atoms with Crippen LogP contribution >= 0.6 is 11.6 Å². The highest BCUT2D eigenvalue weighted by Crippen LogP contribution is 2.32. The van der Waals surface area contributed by atoms with E-state index in [9.17, 15) is 14.9 Å². The molecule has 0 radical (unpaired) electrons. The molecule has 20 heavy (non-hydrogen) atoms. The Labute approximate surface area is 120 Å². The molecule has 6 nitrogen and oxygen atoms in total. The van der Waals surface area contributed by atoms with E-state index < -0.39 is 4.92 Å². The van der Waals surface area contributed by atoms with Gasteiger partial charge in [0.1, 0.15) is 5.02 Å². The van der Waals surface area contributed by atoms with Gasteiger partial charge >= 0.3 is 0 Å². The number of carbonyl (C=O) groups is 1.